The van der Waals surface area contributed by atoms with E-state index in [0.717, 1.165) is 29.7 Å². The van der Waals surface area contributed by atoms with Gasteiger partial charge in [0.05, 0.1) is 12.8 Å². The van der Waals surface area contributed by atoms with Crippen LogP contribution in [0.1, 0.15) is 56.6 Å². The Morgan fingerprint density at radius 2 is 1.68 bits per heavy atom. The van der Waals surface area contributed by atoms with Gasteiger partial charge in [0.15, 0.2) is 0 Å². The van der Waals surface area contributed by atoms with E-state index in [1.54, 1.807) is 13.2 Å². The van der Waals surface area contributed by atoms with Crippen molar-refractivity contribution in [3.8, 4) is 0 Å². The number of rotatable bonds is 10. The molecule has 0 heterocycles. The van der Waals surface area contributed by atoms with Crippen LogP contribution in [-0.4, -0.2) is 24.1 Å². The fourth-order valence-corrected chi connectivity index (χ4v) is 2.93. The number of carboxylic acids is 1. The third kappa shape index (κ3) is 7.03. The quantitative estimate of drug-likeness (QED) is 0.230. The van der Waals surface area contributed by atoms with E-state index in [9.17, 15) is 9.90 Å². The monoisotopic (exact) mass is 379 g/mol. The second kappa shape index (κ2) is 11.8. The molecule has 0 bridgehead atoms. The molecule has 0 aromatic heterocycles. The summed E-state index contributed by atoms with van der Waals surface area (Å²) in [5, 5.41) is 9.46. The van der Waals surface area contributed by atoms with Crippen molar-refractivity contribution < 1.29 is 14.6 Å². The SMILES string of the molecule is CCCCCCCC(=Cc1ccc(N=C(OC)c2ccccc2)cc1)C(=O)O. The minimum absolute atomic E-state index is 0.453. The number of nitrogens with zero attached hydrogens (tertiary/aromatic N) is 1. The van der Waals surface area contributed by atoms with Crippen molar-refractivity contribution in [1.82, 2.24) is 0 Å². The number of hydrogen-bond donors (Lipinski definition) is 1. The lowest BCUT2D eigenvalue weighted by Gasteiger charge is -2.06. The molecular weight excluding hydrogens is 350 g/mol. The van der Waals surface area contributed by atoms with Gasteiger partial charge in [-0.2, -0.15) is 0 Å². The molecule has 2 aromatic rings. The highest BCUT2D eigenvalue weighted by molar-refractivity contribution is 5.95. The van der Waals surface area contributed by atoms with Crippen molar-refractivity contribution in [1.29, 1.82) is 0 Å². The lowest BCUT2D eigenvalue weighted by atomic mass is 10.0. The van der Waals surface area contributed by atoms with Crippen LogP contribution in [0.15, 0.2) is 65.2 Å². The summed E-state index contributed by atoms with van der Waals surface area (Å²) in [7, 11) is 1.60. The van der Waals surface area contributed by atoms with E-state index in [1.807, 2.05) is 54.6 Å². The Hall–Kier alpha value is -2.88. The zero-order valence-electron chi connectivity index (χ0n) is 16.7. The number of aliphatic carboxylic acids is 1. The fourth-order valence-electron chi connectivity index (χ4n) is 2.93. The molecule has 0 aliphatic heterocycles. The van der Waals surface area contributed by atoms with Gasteiger partial charge in [-0.05, 0) is 48.7 Å². The van der Waals surface area contributed by atoms with Gasteiger partial charge in [-0.15, -0.1) is 0 Å². The molecule has 2 aromatic carbocycles. The number of unbranched alkanes of at least 4 members (excludes halogenated alkanes) is 4. The molecular formula is C24H29NO3. The summed E-state index contributed by atoms with van der Waals surface area (Å²) in [6, 6.07) is 17.2. The molecule has 0 aliphatic carbocycles. The first-order chi connectivity index (χ1) is 13.6. The highest BCUT2D eigenvalue weighted by Gasteiger charge is 2.08. The van der Waals surface area contributed by atoms with Gasteiger partial charge >= 0.3 is 5.97 Å². The van der Waals surface area contributed by atoms with Gasteiger partial charge in [-0.1, -0.05) is 62.9 Å². The van der Waals surface area contributed by atoms with Gasteiger partial charge in [-0.25, -0.2) is 9.79 Å². The number of aliphatic imine (C=N–C) groups is 1. The number of methoxy groups -OCH3 is 1. The maximum absolute atomic E-state index is 11.5. The lowest BCUT2D eigenvalue weighted by molar-refractivity contribution is -0.132. The highest BCUT2D eigenvalue weighted by atomic mass is 16.5. The molecule has 1 N–H and O–H groups in total. The Labute approximate surface area is 167 Å². The number of carbonyl (C=O) groups is 1. The average Bonchev–Trinajstić information content (AvgIpc) is 2.72. The molecule has 0 unspecified atom stereocenters. The first-order valence-corrected chi connectivity index (χ1v) is 9.86. The molecule has 0 saturated carbocycles. The summed E-state index contributed by atoms with van der Waals surface area (Å²) in [5.41, 5.74) is 2.98. The van der Waals surface area contributed by atoms with Crippen LogP contribution in [0.3, 0.4) is 0 Å². The normalized spacial score (nSPS) is 12.1. The van der Waals surface area contributed by atoms with Crippen molar-refractivity contribution in [2.45, 2.75) is 45.4 Å². The number of carboxylic acid groups (broad SMARTS) is 1. The molecule has 0 aliphatic rings. The van der Waals surface area contributed by atoms with Gasteiger partial charge in [0.25, 0.3) is 0 Å². The van der Waals surface area contributed by atoms with E-state index >= 15 is 0 Å². The van der Waals surface area contributed by atoms with Crippen LogP contribution in [0.25, 0.3) is 6.08 Å². The Morgan fingerprint density at radius 3 is 2.29 bits per heavy atom. The minimum Gasteiger partial charge on any atom is -0.481 e. The second-order valence-corrected chi connectivity index (χ2v) is 6.72. The summed E-state index contributed by atoms with van der Waals surface area (Å²) in [6.45, 7) is 2.17. The van der Waals surface area contributed by atoms with Crippen molar-refractivity contribution in [3.63, 3.8) is 0 Å². The van der Waals surface area contributed by atoms with Crippen LogP contribution >= 0.6 is 0 Å². The molecule has 0 fully saturated rings. The molecule has 0 spiro atoms. The maximum Gasteiger partial charge on any atom is 0.331 e. The van der Waals surface area contributed by atoms with E-state index < -0.39 is 5.97 Å². The lowest BCUT2D eigenvalue weighted by Crippen LogP contribution is -2.02. The third-order valence-corrected chi connectivity index (χ3v) is 4.50. The van der Waals surface area contributed by atoms with Crippen LogP contribution in [0.5, 0.6) is 0 Å². The highest BCUT2D eigenvalue weighted by Crippen LogP contribution is 2.19. The molecule has 148 valence electrons. The number of hydrogen-bond acceptors (Lipinski definition) is 3. The zero-order valence-corrected chi connectivity index (χ0v) is 16.7. The minimum atomic E-state index is -0.844. The third-order valence-electron chi connectivity index (χ3n) is 4.50. The van der Waals surface area contributed by atoms with E-state index in [1.165, 1.54) is 19.3 Å². The Balaban J connectivity index is 2.08. The van der Waals surface area contributed by atoms with E-state index in [2.05, 4.69) is 11.9 Å². The van der Waals surface area contributed by atoms with Gasteiger partial charge < -0.3 is 9.84 Å². The molecule has 4 heteroatoms. The summed E-state index contributed by atoms with van der Waals surface area (Å²) in [4.78, 5) is 16.1. The van der Waals surface area contributed by atoms with Gasteiger partial charge in [0.2, 0.25) is 5.90 Å². The molecule has 4 nitrogen and oxygen atoms in total. The van der Waals surface area contributed by atoms with Crippen molar-refractivity contribution in [3.05, 3.63) is 71.3 Å². The molecule has 0 radical (unpaired) electrons. The fraction of sp³-hybridized carbons (Fsp3) is 0.333. The van der Waals surface area contributed by atoms with Crippen molar-refractivity contribution >= 4 is 23.6 Å². The van der Waals surface area contributed by atoms with Crippen molar-refractivity contribution in [2.24, 2.45) is 4.99 Å². The second-order valence-electron chi connectivity index (χ2n) is 6.72. The zero-order chi connectivity index (χ0) is 20.2. The molecule has 0 atom stereocenters. The first-order valence-electron chi connectivity index (χ1n) is 9.86. The molecule has 0 amide bonds. The maximum atomic E-state index is 11.5. The Kier molecular flexibility index (Phi) is 8.99. The van der Waals surface area contributed by atoms with Crippen LogP contribution < -0.4 is 0 Å². The first kappa shape index (κ1) is 21.4. The molecule has 0 saturated heterocycles. The Morgan fingerprint density at radius 1 is 1.00 bits per heavy atom. The standard InChI is InChI=1S/C24H29NO3/c1-3-4-5-6-8-13-21(24(26)27)18-19-14-16-22(17-15-19)25-23(28-2)20-11-9-7-10-12-20/h7,9-12,14-18H,3-6,8,13H2,1-2H3,(H,26,27). The number of ether oxygens (including phenoxy) is 1. The number of benzene rings is 2. The van der Waals surface area contributed by atoms with E-state index in [-0.39, 0.29) is 0 Å². The summed E-state index contributed by atoms with van der Waals surface area (Å²) < 4.78 is 5.40. The van der Waals surface area contributed by atoms with Crippen molar-refractivity contribution in [2.75, 3.05) is 7.11 Å². The summed E-state index contributed by atoms with van der Waals surface area (Å²) in [6.07, 6.45) is 7.90. The predicted octanol–water partition coefficient (Wildman–Crippen LogP) is 6.24. The van der Waals surface area contributed by atoms with Crippen LogP contribution in [0.2, 0.25) is 0 Å². The average molecular weight is 380 g/mol. The van der Waals surface area contributed by atoms with Gasteiger partial charge in [-0.3, -0.25) is 0 Å². The van der Waals surface area contributed by atoms with Crippen LogP contribution in [-0.2, 0) is 9.53 Å². The van der Waals surface area contributed by atoms with Gasteiger partial charge in [0.1, 0.15) is 0 Å². The topological polar surface area (TPSA) is 58.9 Å². The molecule has 28 heavy (non-hydrogen) atoms. The molecule has 2 rings (SSSR count). The predicted molar refractivity (Wildman–Crippen MR) is 115 cm³/mol. The van der Waals surface area contributed by atoms with E-state index in [4.69, 9.17) is 4.74 Å². The van der Waals surface area contributed by atoms with Gasteiger partial charge in [0, 0.05) is 11.1 Å². The largest absolute Gasteiger partial charge is 0.481 e. The van der Waals surface area contributed by atoms with Crippen LogP contribution in [0.4, 0.5) is 5.69 Å². The van der Waals surface area contributed by atoms with Crippen LogP contribution in [0, 0.1) is 0 Å². The summed E-state index contributed by atoms with van der Waals surface area (Å²) >= 11 is 0. The van der Waals surface area contributed by atoms with E-state index in [0.29, 0.717) is 17.9 Å². The smallest absolute Gasteiger partial charge is 0.331 e. The Bertz CT molecular complexity index is 792. The summed E-state index contributed by atoms with van der Waals surface area (Å²) in [5.74, 6) is -0.300.